The molecule has 0 aliphatic carbocycles. The van der Waals surface area contributed by atoms with Gasteiger partial charge in [-0.05, 0) is 37.5 Å². The highest BCUT2D eigenvalue weighted by Crippen LogP contribution is 2.23. The lowest BCUT2D eigenvalue weighted by molar-refractivity contribution is 0.477. The van der Waals surface area contributed by atoms with Crippen molar-refractivity contribution in [2.75, 3.05) is 5.73 Å². The number of phenols is 1. The molecule has 0 aliphatic heterocycles. The molecule has 1 aromatic rings. The van der Waals surface area contributed by atoms with Crippen LogP contribution < -0.4 is 10.5 Å². The van der Waals surface area contributed by atoms with Crippen LogP contribution >= 0.6 is 0 Å². The van der Waals surface area contributed by atoms with Crippen LogP contribution in [0.4, 0.5) is 5.69 Å². The lowest BCUT2D eigenvalue weighted by Crippen LogP contribution is -2.32. The summed E-state index contributed by atoms with van der Waals surface area (Å²) in [7, 11) is -3.59. The summed E-state index contributed by atoms with van der Waals surface area (Å²) in [5.41, 5.74) is 5.58. The minimum absolute atomic E-state index is 0.0559. The first-order chi connectivity index (χ1) is 9.22. The Morgan fingerprint density at radius 2 is 1.90 bits per heavy atom. The predicted molar refractivity (Wildman–Crippen MR) is 81.0 cm³/mol. The molecule has 114 valence electrons. The van der Waals surface area contributed by atoms with Gasteiger partial charge in [-0.15, -0.1) is 0 Å². The molecule has 1 rings (SSSR count). The van der Waals surface area contributed by atoms with Gasteiger partial charge in [-0.2, -0.15) is 0 Å². The van der Waals surface area contributed by atoms with Crippen LogP contribution in [0.2, 0.25) is 0 Å². The Labute approximate surface area is 121 Å². The maximum atomic E-state index is 12.2. The van der Waals surface area contributed by atoms with Crippen LogP contribution in [0.3, 0.4) is 0 Å². The highest BCUT2D eigenvalue weighted by Gasteiger charge is 2.18. The molecule has 0 heterocycles. The van der Waals surface area contributed by atoms with E-state index in [-0.39, 0.29) is 22.4 Å². The van der Waals surface area contributed by atoms with E-state index < -0.39 is 10.0 Å². The average Bonchev–Trinajstić information content (AvgIpc) is 2.31. The van der Waals surface area contributed by atoms with Crippen LogP contribution in [0.1, 0.15) is 40.0 Å². The topological polar surface area (TPSA) is 92.4 Å². The Morgan fingerprint density at radius 1 is 1.25 bits per heavy atom. The quantitative estimate of drug-likeness (QED) is 0.533. The van der Waals surface area contributed by atoms with Gasteiger partial charge < -0.3 is 10.8 Å². The Bertz CT molecular complexity index is 541. The minimum atomic E-state index is -3.59. The van der Waals surface area contributed by atoms with Crippen molar-refractivity contribution in [2.45, 2.75) is 51.0 Å². The third kappa shape index (κ3) is 5.02. The number of anilines is 1. The van der Waals surface area contributed by atoms with Crippen LogP contribution in [0.5, 0.6) is 5.75 Å². The zero-order valence-electron chi connectivity index (χ0n) is 12.3. The summed E-state index contributed by atoms with van der Waals surface area (Å²) in [5.74, 6) is 0.504. The molecular weight excluding hydrogens is 276 g/mol. The van der Waals surface area contributed by atoms with E-state index in [9.17, 15) is 13.5 Å². The molecule has 0 fully saturated rings. The summed E-state index contributed by atoms with van der Waals surface area (Å²) in [6.07, 6.45) is 2.86. The lowest BCUT2D eigenvalue weighted by atomic mass is 10.0. The molecule has 0 saturated carbocycles. The summed E-state index contributed by atoms with van der Waals surface area (Å²) in [6, 6.07) is 3.76. The third-order valence-corrected chi connectivity index (χ3v) is 4.67. The maximum Gasteiger partial charge on any atom is 0.240 e. The second-order valence-electron chi connectivity index (χ2n) is 5.57. The van der Waals surface area contributed by atoms with E-state index >= 15 is 0 Å². The molecule has 0 radical (unpaired) electrons. The fourth-order valence-electron chi connectivity index (χ4n) is 1.92. The number of nitrogens with two attached hydrogens (primary N) is 1. The zero-order chi connectivity index (χ0) is 15.3. The maximum absolute atomic E-state index is 12.2. The first-order valence-electron chi connectivity index (χ1n) is 6.83. The zero-order valence-corrected chi connectivity index (χ0v) is 13.1. The van der Waals surface area contributed by atoms with Gasteiger partial charge in [0.1, 0.15) is 5.75 Å². The summed E-state index contributed by atoms with van der Waals surface area (Å²) in [6.45, 7) is 6.14. The number of hydrogen-bond acceptors (Lipinski definition) is 4. The average molecular weight is 300 g/mol. The molecule has 4 N–H and O–H groups in total. The molecule has 0 amide bonds. The number of rotatable bonds is 7. The van der Waals surface area contributed by atoms with Gasteiger partial charge in [0.25, 0.3) is 0 Å². The normalized spacial score (nSPS) is 13.6. The van der Waals surface area contributed by atoms with Crippen molar-refractivity contribution in [1.29, 1.82) is 0 Å². The van der Waals surface area contributed by atoms with Gasteiger partial charge in [-0.1, -0.05) is 26.7 Å². The van der Waals surface area contributed by atoms with Gasteiger partial charge in [0, 0.05) is 6.04 Å². The second kappa shape index (κ2) is 6.95. The predicted octanol–water partition coefficient (Wildman–Crippen LogP) is 2.47. The summed E-state index contributed by atoms with van der Waals surface area (Å²) in [5, 5.41) is 9.32. The molecule has 0 spiro atoms. The Morgan fingerprint density at radius 3 is 2.45 bits per heavy atom. The molecule has 0 aliphatic rings. The lowest BCUT2D eigenvalue weighted by Gasteiger charge is -2.15. The first-order valence-corrected chi connectivity index (χ1v) is 8.31. The van der Waals surface area contributed by atoms with Gasteiger partial charge in [0.15, 0.2) is 0 Å². The van der Waals surface area contributed by atoms with Gasteiger partial charge in [0.05, 0.1) is 10.6 Å². The molecule has 20 heavy (non-hydrogen) atoms. The summed E-state index contributed by atoms with van der Waals surface area (Å²) < 4.78 is 26.9. The van der Waals surface area contributed by atoms with E-state index in [4.69, 9.17) is 5.73 Å². The van der Waals surface area contributed by atoms with Crippen molar-refractivity contribution < 1.29 is 13.5 Å². The Balaban J connectivity index is 2.67. The Hall–Kier alpha value is -1.27. The molecule has 0 aromatic heterocycles. The Kier molecular flexibility index (Phi) is 5.83. The van der Waals surface area contributed by atoms with E-state index in [1.54, 1.807) is 0 Å². The summed E-state index contributed by atoms with van der Waals surface area (Å²) >= 11 is 0. The second-order valence-corrected chi connectivity index (χ2v) is 7.28. The van der Waals surface area contributed by atoms with Gasteiger partial charge in [-0.3, -0.25) is 0 Å². The SMILES string of the molecule is CC(C)CCCC(C)NS(=O)(=O)c1ccc(O)c(N)c1. The number of phenolic OH excluding ortho intramolecular Hbond substituents is 1. The highest BCUT2D eigenvalue weighted by molar-refractivity contribution is 7.89. The molecule has 6 heteroatoms. The van der Waals surface area contributed by atoms with Crippen LogP contribution in [0, 0.1) is 5.92 Å². The van der Waals surface area contributed by atoms with E-state index in [0.29, 0.717) is 5.92 Å². The number of nitrogens with one attached hydrogen (secondary N) is 1. The molecular formula is C14H24N2O3S. The van der Waals surface area contributed by atoms with Crippen molar-refractivity contribution in [1.82, 2.24) is 4.72 Å². The number of sulfonamides is 1. The molecule has 5 nitrogen and oxygen atoms in total. The third-order valence-electron chi connectivity index (χ3n) is 3.08. The van der Waals surface area contributed by atoms with E-state index in [1.807, 2.05) is 6.92 Å². The van der Waals surface area contributed by atoms with Crippen LogP contribution in [0.25, 0.3) is 0 Å². The van der Waals surface area contributed by atoms with Gasteiger partial charge in [-0.25, -0.2) is 13.1 Å². The summed E-state index contributed by atoms with van der Waals surface area (Å²) in [4.78, 5) is 0.0727. The fraction of sp³-hybridized carbons (Fsp3) is 0.571. The van der Waals surface area contributed by atoms with Crippen LogP contribution in [-0.4, -0.2) is 19.6 Å². The van der Waals surface area contributed by atoms with Crippen molar-refractivity contribution >= 4 is 15.7 Å². The van der Waals surface area contributed by atoms with E-state index in [0.717, 1.165) is 19.3 Å². The van der Waals surface area contributed by atoms with Gasteiger partial charge in [0.2, 0.25) is 10.0 Å². The van der Waals surface area contributed by atoms with Crippen LogP contribution in [0.15, 0.2) is 23.1 Å². The largest absolute Gasteiger partial charge is 0.506 e. The molecule has 1 unspecified atom stereocenters. The van der Waals surface area contributed by atoms with Crippen molar-refractivity contribution in [3.63, 3.8) is 0 Å². The van der Waals surface area contributed by atoms with Crippen LogP contribution in [-0.2, 0) is 10.0 Å². The smallest absolute Gasteiger partial charge is 0.240 e. The first kappa shape index (κ1) is 16.8. The van der Waals surface area contributed by atoms with Crippen molar-refractivity contribution in [3.8, 4) is 5.75 Å². The molecule has 1 atom stereocenters. The molecule has 1 aromatic carbocycles. The number of aromatic hydroxyl groups is 1. The monoisotopic (exact) mass is 300 g/mol. The van der Waals surface area contributed by atoms with Crippen molar-refractivity contribution in [2.24, 2.45) is 5.92 Å². The van der Waals surface area contributed by atoms with Crippen molar-refractivity contribution in [3.05, 3.63) is 18.2 Å². The molecule has 0 bridgehead atoms. The fourth-order valence-corrected chi connectivity index (χ4v) is 3.24. The van der Waals surface area contributed by atoms with Gasteiger partial charge >= 0.3 is 0 Å². The van der Waals surface area contributed by atoms with E-state index in [2.05, 4.69) is 18.6 Å². The highest BCUT2D eigenvalue weighted by atomic mass is 32.2. The minimum Gasteiger partial charge on any atom is -0.506 e. The molecule has 0 saturated heterocycles. The number of benzene rings is 1. The standard InChI is InChI=1S/C14H24N2O3S/c1-10(2)5-4-6-11(3)16-20(18,19)12-7-8-14(17)13(15)9-12/h7-11,16-17H,4-6,15H2,1-3H3. The number of hydrogen-bond donors (Lipinski definition) is 3. The number of nitrogen functional groups attached to an aromatic ring is 1. The van der Waals surface area contributed by atoms with E-state index in [1.165, 1.54) is 18.2 Å².